The minimum Gasteiger partial charge on any atom is -0.381 e. The molecule has 15 heavy (non-hydrogen) atoms. The Morgan fingerprint density at radius 2 is 2.20 bits per heavy atom. The van der Waals surface area contributed by atoms with Crippen molar-refractivity contribution in [3.8, 4) is 0 Å². The molecule has 0 aromatic carbocycles. The van der Waals surface area contributed by atoms with E-state index in [0.29, 0.717) is 37.8 Å². The maximum atomic E-state index is 5.85. The highest BCUT2D eigenvalue weighted by atomic mass is 16.5. The van der Waals surface area contributed by atoms with Gasteiger partial charge in [-0.3, -0.25) is 0 Å². The van der Waals surface area contributed by atoms with Crippen LogP contribution in [0.15, 0.2) is 4.52 Å². The summed E-state index contributed by atoms with van der Waals surface area (Å²) in [5, 5.41) is 3.85. The lowest BCUT2D eigenvalue weighted by Crippen LogP contribution is -2.34. The molecule has 1 aromatic rings. The zero-order chi connectivity index (χ0) is 11.3. The van der Waals surface area contributed by atoms with Crippen molar-refractivity contribution in [3.63, 3.8) is 0 Å². The van der Waals surface area contributed by atoms with Crippen molar-refractivity contribution >= 4 is 0 Å². The maximum absolute atomic E-state index is 5.85. The summed E-state index contributed by atoms with van der Waals surface area (Å²) in [5.74, 6) is 1.27. The Kier molecular flexibility index (Phi) is 4.23. The van der Waals surface area contributed by atoms with Crippen LogP contribution in [0.25, 0.3) is 0 Å². The molecular formula is C10H19N3O2. The molecule has 0 fully saturated rings. The topological polar surface area (TPSA) is 74.2 Å². The molecule has 0 atom stereocenters. The van der Waals surface area contributed by atoms with Gasteiger partial charge in [-0.05, 0) is 20.8 Å². The highest BCUT2D eigenvalue weighted by Crippen LogP contribution is 2.08. The largest absolute Gasteiger partial charge is 0.381 e. The van der Waals surface area contributed by atoms with Gasteiger partial charge in [-0.1, -0.05) is 5.16 Å². The van der Waals surface area contributed by atoms with Crippen molar-refractivity contribution < 1.29 is 9.26 Å². The molecule has 1 heterocycles. The second kappa shape index (κ2) is 5.23. The normalized spacial score (nSPS) is 12.0. The van der Waals surface area contributed by atoms with Crippen LogP contribution in [0.4, 0.5) is 0 Å². The Hall–Kier alpha value is -0.940. The highest BCUT2D eigenvalue weighted by molar-refractivity contribution is 4.92. The van der Waals surface area contributed by atoms with E-state index in [4.69, 9.17) is 15.0 Å². The molecule has 0 amide bonds. The molecule has 1 aromatic heterocycles. The van der Waals surface area contributed by atoms with Crippen LogP contribution in [0, 0.1) is 0 Å². The van der Waals surface area contributed by atoms with E-state index < -0.39 is 0 Å². The van der Waals surface area contributed by atoms with E-state index in [1.807, 2.05) is 20.8 Å². The predicted octanol–water partition coefficient (Wildman–Crippen LogP) is 0.928. The fourth-order valence-corrected chi connectivity index (χ4v) is 1.16. The van der Waals surface area contributed by atoms with Crippen LogP contribution in [0.5, 0.6) is 0 Å². The van der Waals surface area contributed by atoms with E-state index in [2.05, 4.69) is 10.1 Å². The van der Waals surface area contributed by atoms with Gasteiger partial charge in [-0.25, -0.2) is 0 Å². The first-order valence-electron chi connectivity index (χ1n) is 5.19. The van der Waals surface area contributed by atoms with Crippen molar-refractivity contribution in [2.45, 2.75) is 39.2 Å². The minimum absolute atomic E-state index is 0.316. The monoisotopic (exact) mass is 213 g/mol. The SMILES string of the molecule is CCOCCc1noc(CC(C)(C)N)n1. The Bertz CT molecular complexity index is 291. The molecule has 5 nitrogen and oxygen atoms in total. The molecule has 1 rings (SSSR count). The number of hydrogen-bond acceptors (Lipinski definition) is 5. The van der Waals surface area contributed by atoms with E-state index in [9.17, 15) is 0 Å². The minimum atomic E-state index is -0.316. The van der Waals surface area contributed by atoms with Crippen LogP contribution in [-0.4, -0.2) is 28.9 Å². The Balaban J connectivity index is 2.42. The van der Waals surface area contributed by atoms with Crippen LogP contribution in [0.3, 0.4) is 0 Å². The smallest absolute Gasteiger partial charge is 0.228 e. The summed E-state index contributed by atoms with van der Waals surface area (Å²) >= 11 is 0. The van der Waals surface area contributed by atoms with Gasteiger partial charge in [0.2, 0.25) is 5.89 Å². The average Bonchev–Trinajstić information content (AvgIpc) is 2.50. The van der Waals surface area contributed by atoms with E-state index in [1.54, 1.807) is 0 Å². The van der Waals surface area contributed by atoms with Crippen molar-refractivity contribution in [1.29, 1.82) is 0 Å². The van der Waals surface area contributed by atoms with Gasteiger partial charge >= 0.3 is 0 Å². The first-order valence-corrected chi connectivity index (χ1v) is 5.19. The van der Waals surface area contributed by atoms with Crippen LogP contribution in [0.2, 0.25) is 0 Å². The summed E-state index contributed by atoms with van der Waals surface area (Å²) in [6, 6.07) is 0. The molecule has 0 unspecified atom stereocenters. The van der Waals surface area contributed by atoms with Gasteiger partial charge in [0.05, 0.1) is 6.61 Å². The Morgan fingerprint density at radius 3 is 2.80 bits per heavy atom. The number of nitrogens with zero attached hydrogens (tertiary/aromatic N) is 2. The van der Waals surface area contributed by atoms with E-state index in [-0.39, 0.29) is 5.54 Å². The van der Waals surface area contributed by atoms with Gasteiger partial charge in [0.1, 0.15) is 0 Å². The molecule has 0 aliphatic rings. The molecule has 0 radical (unpaired) electrons. The average molecular weight is 213 g/mol. The summed E-state index contributed by atoms with van der Waals surface area (Å²) in [4.78, 5) is 4.23. The summed E-state index contributed by atoms with van der Waals surface area (Å²) in [6.07, 6.45) is 1.27. The van der Waals surface area contributed by atoms with Crippen LogP contribution in [-0.2, 0) is 17.6 Å². The molecule has 5 heteroatoms. The lowest BCUT2D eigenvalue weighted by Gasteiger charge is -2.14. The summed E-state index contributed by atoms with van der Waals surface area (Å²) in [7, 11) is 0. The molecule has 2 N–H and O–H groups in total. The molecule has 0 aliphatic carbocycles. The molecule has 0 saturated carbocycles. The molecule has 0 saturated heterocycles. The summed E-state index contributed by atoms with van der Waals surface area (Å²) in [6.45, 7) is 7.15. The fourth-order valence-electron chi connectivity index (χ4n) is 1.16. The molecule has 0 bridgehead atoms. The fraction of sp³-hybridized carbons (Fsp3) is 0.800. The van der Waals surface area contributed by atoms with E-state index in [1.165, 1.54) is 0 Å². The maximum Gasteiger partial charge on any atom is 0.228 e. The van der Waals surface area contributed by atoms with Gasteiger partial charge in [-0.15, -0.1) is 0 Å². The lowest BCUT2D eigenvalue weighted by atomic mass is 10.0. The number of aromatic nitrogens is 2. The third-order valence-corrected chi connectivity index (χ3v) is 1.79. The molecule has 86 valence electrons. The highest BCUT2D eigenvalue weighted by Gasteiger charge is 2.16. The van der Waals surface area contributed by atoms with Gasteiger partial charge in [0.15, 0.2) is 5.82 Å². The number of nitrogens with two attached hydrogens (primary N) is 1. The van der Waals surface area contributed by atoms with Crippen molar-refractivity contribution in [1.82, 2.24) is 10.1 Å². The second-order valence-corrected chi connectivity index (χ2v) is 4.22. The summed E-state index contributed by atoms with van der Waals surface area (Å²) in [5.41, 5.74) is 5.53. The first kappa shape index (κ1) is 12.1. The number of hydrogen-bond donors (Lipinski definition) is 1. The number of rotatable bonds is 6. The zero-order valence-electron chi connectivity index (χ0n) is 9.62. The Morgan fingerprint density at radius 1 is 1.47 bits per heavy atom. The quantitative estimate of drug-likeness (QED) is 0.711. The zero-order valence-corrected chi connectivity index (χ0v) is 9.62. The van der Waals surface area contributed by atoms with Crippen molar-refractivity contribution in [2.75, 3.05) is 13.2 Å². The van der Waals surface area contributed by atoms with Crippen molar-refractivity contribution in [2.24, 2.45) is 5.73 Å². The van der Waals surface area contributed by atoms with Gasteiger partial charge in [-0.2, -0.15) is 4.98 Å². The van der Waals surface area contributed by atoms with Gasteiger partial charge < -0.3 is 15.0 Å². The van der Waals surface area contributed by atoms with Gasteiger partial charge in [0.25, 0.3) is 0 Å². The molecule has 0 spiro atoms. The van der Waals surface area contributed by atoms with Gasteiger partial charge in [0, 0.05) is 25.0 Å². The van der Waals surface area contributed by atoms with E-state index >= 15 is 0 Å². The molecular weight excluding hydrogens is 194 g/mol. The van der Waals surface area contributed by atoms with Crippen molar-refractivity contribution in [3.05, 3.63) is 11.7 Å². The third kappa shape index (κ3) is 4.90. The van der Waals surface area contributed by atoms with Crippen LogP contribution < -0.4 is 5.73 Å². The molecule has 0 aliphatic heterocycles. The van der Waals surface area contributed by atoms with Crippen LogP contribution in [0.1, 0.15) is 32.5 Å². The second-order valence-electron chi connectivity index (χ2n) is 4.22. The van der Waals surface area contributed by atoms with E-state index in [0.717, 1.165) is 0 Å². The lowest BCUT2D eigenvalue weighted by molar-refractivity contribution is 0.149. The summed E-state index contributed by atoms with van der Waals surface area (Å²) < 4.78 is 10.3. The predicted molar refractivity (Wildman–Crippen MR) is 56.5 cm³/mol. The third-order valence-electron chi connectivity index (χ3n) is 1.79. The standard InChI is InChI=1S/C10H19N3O2/c1-4-14-6-5-8-12-9(15-13-8)7-10(2,3)11/h4-7,11H2,1-3H3. The Labute approximate surface area is 90.0 Å². The van der Waals surface area contributed by atoms with Crippen LogP contribution >= 0.6 is 0 Å². The first-order chi connectivity index (χ1) is 7.01. The number of ether oxygens (including phenoxy) is 1.